The first-order valence-corrected chi connectivity index (χ1v) is 12.7. The van der Waals surface area contributed by atoms with Crippen LogP contribution in [0.3, 0.4) is 0 Å². The van der Waals surface area contributed by atoms with Crippen molar-refractivity contribution in [3.05, 3.63) is 12.2 Å². The molecule has 1 amide bonds. The number of aliphatic hydroxyl groups excluding tert-OH is 1. The molecule has 0 aliphatic rings. The smallest absolute Gasteiger partial charge is 0.245 e. The zero-order valence-electron chi connectivity index (χ0n) is 17.3. The van der Waals surface area contributed by atoms with Gasteiger partial charge in [-0.1, -0.05) is 65.5 Å². The molecule has 3 N–H and O–H groups in total. The fourth-order valence-electron chi connectivity index (χ4n) is 2.34. The van der Waals surface area contributed by atoms with Crippen LogP contribution in [0, 0.1) is 0 Å². The molecule has 0 radical (unpaired) electrons. The molecule has 25 heavy (non-hydrogen) atoms. The third-order valence-corrected chi connectivity index (χ3v) is 9.61. The predicted molar refractivity (Wildman–Crippen MR) is 109 cm³/mol. The van der Waals surface area contributed by atoms with E-state index in [-0.39, 0.29) is 17.0 Å². The Hall–Kier alpha value is -0.653. The van der Waals surface area contributed by atoms with Crippen molar-refractivity contribution in [3.8, 4) is 0 Å². The highest BCUT2D eigenvalue weighted by Crippen LogP contribution is 2.37. The Morgan fingerprint density at radius 1 is 1.16 bits per heavy atom. The Morgan fingerprint density at radius 2 is 1.80 bits per heavy atom. The number of unbranched alkanes of at least 4 members (excludes halogenated alkanes) is 3. The largest absolute Gasteiger partial charge is 0.405 e. The third-order valence-electron chi connectivity index (χ3n) is 5.12. The molecule has 0 aromatic rings. The molecule has 0 aromatic carbocycles. The van der Waals surface area contributed by atoms with Crippen molar-refractivity contribution in [2.45, 2.75) is 109 Å². The van der Waals surface area contributed by atoms with Crippen LogP contribution in [0.5, 0.6) is 0 Å². The van der Waals surface area contributed by atoms with Crippen LogP contribution in [0.15, 0.2) is 12.2 Å². The molecule has 0 unspecified atom stereocenters. The highest BCUT2D eigenvalue weighted by atomic mass is 28.4. The van der Waals surface area contributed by atoms with Crippen molar-refractivity contribution in [1.29, 1.82) is 0 Å². The summed E-state index contributed by atoms with van der Waals surface area (Å²) in [5.41, 5.74) is 5.52. The number of carbonyl (C=O) groups excluding carboxylic acids is 1. The molecule has 0 aliphatic heterocycles. The lowest BCUT2D eigenvalue weighted by atomic mass is 10.1. The minimum Gasteiger partial charge on any atom is -0.405 e. The van der Waals surface area contributed by atoms with Crippen LogP contribution >= 0.6 is 0 Å². The Morgan fingerprint density at radius 3 is 2.32 bits per heavy atom. The summed E-state index contributed by atoms with van der Waals surface area (Å²) in [4.78, 5) is 11.7. The van der Waals surface area contributed by atoms with E-state index in [0.717, 1.165) is 19.3 Å². The molecule has 0 saturated carbocycles. The summed E-state index contributed by atoms with van der Waals surface area (Å²) >= 11 is 0. The number of aliphatic hydroxyl groups is 1. The Kier molecular flexibility index (Phi) is 11.6. The minimum absolute atomic E-state index is 0.0540. The normalized spacial score (nSPS) is 15.5. The van der Waals surface area contributed by atoms with Gasteiger partial charge in [0, 0.05) is 0 Å². The molecule has 0 aromatic heterocycles. The van der Waals surface area contributed by atoms with E-state index in [1.54, 1.807) is 0 Å². The lowest BCUT2D eigenvalue weighted by Gasteiger charge is -2.38. The van der Waals surface area contributed by atoms with E-state index in [0.29, 0.717) is 12.8 Å². The maximum Gasteiger partial charge on any atom is 0.245 e. The van der Waals surface area contributed by atoms with Crippen LogP contribution in [-0.2, 0) is 9.22 Å². The number of rotatable bonds is 13. The Labute approximate surface area is 156 Å². The summed E-state index contributed by atoms with van der Waals surface area (Å²) in [6.45, 7) is 12.9. The van der Waals surface area contributed by atoms with Crippen LogP contribution in [0.25, 0.3) is 0 Å². The summed E-state index contributed by atoms with van der Waals surface area (Å²) in [5, 5.41) is 10.00. The van der Waals surface area contributed by atoms with E-state index >= 15 is 0 Å². The average Bonchev–Trinajstić information content (AvgIpc) is 2.48. The van der Waals surface area contributed by atoms with Crippen LogP contribution < -0.4 is 5.73 Å². The monoisotopic (exact) mass is 371 g/mol. The van der Waals surface area contributed by atoms with E-state index in [1.165, 1.54) is 19.3 Å². The van der Waals surface area contributed by atoms with Gasteiger partial charge in [-0.2, -0.15) is 0 Å². The maximum atomic E-state index is 11.7. The van der Waals surface area contributed by atoms with Gasteiger partial charge in [-0.3, -0.25) is 4.79 Å². The lowest BCUT2D eigenvalue weighted by Crippen LogP contribution is -2.47. The highest BCUT2D eigenvalue weighted by Gasteiger charge is 2.40. The van der Waals surface area contributed by atoms with Gasteiger partial charge in [-0.25, -0.2) is 0 Å². The molecule has 2 atom stereocenters. The molecule has 0 heterocycles. The Balaban J connectivity index is 4.22. The van der Waals surface area contributed by atoms with E-state index in [9.17, 15) is 9.90 Å². The van der Waals surface area contributed by atoms with Crippen molar-refractivity contribution in [1.82, 2.24) is 0 Å². The highest BCUT2D eigenvalue weighted by molar-refractivity contribution is 6.74. The number of hydrogen-bond acceptors (Lipinski definition) is 3. The molecule has 4 nitrogen and oxygen atoms in total. The molecule has 0 aliphatic carbocycles. The summed E-state index contributed by atoms with van der Waals surface area (Å²) in [6.07, 6.45) is 10.9. The minimum atomic E-state index is -2.00. The summed E-state index contributed by atoms with van der Waals surface area (Å²) in [5.74, 6) is -0.380. The average molecular weight is 372 g/mol. The zero-order valence-corrected chi connectivity index (χ0v) is 18.3. The second-order valence-corrected chi connectivity index (χ2v) is 13.3. The fraction of sp³-hybridized carbons (Fsp3) is 0.850. The number of nitrogens with two attached hydrogens (primary N) is 1. The number of carbonyl (C=O) groups is 1. The van der Waals surface area contributed by atoms with Gasteiger partial charge >= 0.3 is 0 Å². The third kappa shape index (κ3) is 10.8. The number of hydrogen-bond donors (Lipinski definition) is 2. The molecule has 148 valence electrons. The number of primary amides is 1. The standard InChI is InChI=1S/C20H41NO3Si/c1-7-8-9-11-14-17(22)15-12-10-13-16-18(19(21)23)24-25(5,6)20(2,3)4/h10,12,17-18,22H,7-9,11,13-16H2,1-6H3,(H2,21,23)/b12-10+/t17-,18-/m1/s1. The Bertz CT molecular complexity index is 402. The quantitative estimate of drug-likeness (QED) is 0.274. The molecule has 5 heteroatoms. The second kappa shape index (κ2) is 11.9. The molecule has 0 spiro atoms. The van der Waals surface area contributed by atoms with Crippen LogP contribution in [-0.4, -0.2) is 31.5 Å². The van der Waals surface area contributed by atoms with Gasteiger partial charge < -0.3 is 15.3 Å². The van der Waals surface area contributed by atoms with Crippen LogP contribution in [0.4, 0.5) is 0 Å². The van der Waals surface area contributed by atoms with Gasteiger partial charge in [0.2, 0.25) is 5.91 Å². The first-order valence-electron chi connectivity index (χ1n) is 9.81. The van der Waals surface area contributed by atoms with E-state index < -0.39 is 14.4 Å². The van der Waals surface area contributed by atoms with Crippen molar-refractivity contribution in [2.24, 2.45) is 5.73 Å². The summed E-state index contributed by atoms with van der Waals surface area (Å²) < 4.78 is 6.15. The number of allylic oxidation sites excluding steroid dienone is 1. The SMILES string of the molecule is CCCCCC[C@@H](O)C/C=C/CC[C@@H](O[Si](C)(C)C(C)(C)C)C(N)=O. The zero-order chi connectivity index (χ0) is 19.5. The van der Waals surface area contributed by atoms with Crippen molar-refractivity contribution in [3.63, 3.8) is 0 Å². The number of amides is 1. The fourth-order valence-corrected chi connectivity index (χ4v) is 3.63. The lowest BCUT2D eigenvalue weighted by molar-refractivity contribution is -0.125. The molecule has 0 rings (SSSR count). The molecular formula is C20H41NO3Si. The van der Waals surface area contributed by atoms with Gasteiger partial charge in [-0.05, 0) is 43.8 Å². The predicted octanol–water partition coefficient (Wildman–Crippen LogP) is 4.92. The van der Waals surface area contributed by atoms with E-state index in [4.69, 9.17) is 10.2 Å². The molecule has 0 fully saturated rings. The van der Waals surface area contributed by atoms with Crippen molar-refractivity contribution < 1.29 is 14.3 Å². The topological polar surface area (TPSA) is 72.6 Å². The molecular weight excluding hydrogens is 330 g/mol. The van der Waals surface area contributed by atoms with Gasteiger partial charge in [0.15, 0.2) is 8.32 Å². The van der Waals surface area contributed by atoms with Gasteiger partial charge in [-0.15, -0.1) is 0 Å². The van der Waals surface area contributed by atoms with E-state index in [1.807, 2.05) is 12.2 Å². The van der Waals surface area contributed by atoms with Crippen molar-refractivity contribution in [2.75, 3.05) is 0 Å². The first-order chi connectivity index (χ1) is 11.5. The maximum absolute atomic E-state index is 11.7. The van der Waals surface area contributed by atoms with Crippen LogP contribution in [0.1, 0.15) is 79.1 Å². The molecule has 0 bridgehead atoms. The van der Waals surface area contributed by atoms with Gasteiger partial charge in [0.05, 0.1) is 6.10 Å². The second-order valence-electron chi connectivity index (χ2n) is 8.56. The van der Waals surface area contributed by atoms with Gasteiger partial charge in [0.1, 0.15) is 6.10 Å². The summed E-state index contributed by atoms with van der Waals surface area (Å²) in [7, 11) is -2.00. The van der Waals surface area contributed by atoms with Gasteiger partial charge in [0.25, 0.3) is 0 Å². The van der Waals surface area contributed by atoms with Crippen molar-refractivity contribution >= 4 is 14.2 Å². The van der Waals surface area contributed by atoms with Crippen LogP contribution in [0.2, 0.25) is 18.1 Å². The molecule has 0 saturated heterocycles. The first kappa shape index (κ1) is 24.3. The summed E-state index contributed by atoms with van der Waals surface area (Å²) in [6, 6.07) is 0. The van der Waals surface area contributed by atoms with E-state index in [2.05, 4.69) is 40.8 Å².